The van der Waals surface area contributed by atoms with E-state index in [9.17, 15) is 14.4 Å². The van der Waals surface area contributed by atoms with Crippen molar-refractivity contribution in [2.45, 2.75) is 19.3 Å². The average Bonchev–Trinajstić information content (AvgIpc) is 2.99. The summed E-state index contributed by atoms with van der Waals surface area (Å²) in [5.74, 6) is -2.14. The first-order valence-electron chi connectivity index (χ1n) is 8.30. The second kappa shape index (κ2) is 6.75. The summed E-state index contributed by atoms with van der Waals surface area (Å²) in [6.45, 7) is 1.76. The molecule has 2 aromatic carbocycles. The average molecular weight is 352 g/mol. The Morgan fingerprint density at radius 1 is 1.04 bits per heavy atom. The third-order valence-electron chi connectivity index (χ3n) is 5.17. The van der Waals surface area contributed by atoms with Crippen LogP contribution in [-0.2, 0) is 23.9 Å². The van der Waals surface area contributed by atoms with Gasteiger partial charge in [0, 0.05) is 11.5 Å². The van der Waals surface area contributed by atoms with Gasteiger partial charge in [0.15, 0.2) is 5.41 Å². The predicted octanol–water partition coefficient (Wildman–Crippen LogP) is 3.17. The Morgan fingerprint density at radius 3 is 2.23 bits per heavy atom. The van der Waals surface area contributed by atoms with Crippen LogP contribution in [0.2, 0.25) is 0 Å². The number of hydrogen-bond acceptors (Lipinski definition) is 5. The van der Waals surface area contributed by atoms with E-state index in [2.05, 4.69) is 0 Å². The minimum absolute atomic E-state index is 0.0952. The van der Waals surface area contributed by atoms with Crippen LogP contribution < -0.4 is 0 Å². The summed E-state index contributed by atoms with van der Waals surface area (Å²) in [4.78, 5) is 37.3. The number of methoxy groups -OCH3 is 2. The number of ether oxygens (including phenoxy) is 2. The van der Waals surface area contributed by atoms with Gasteiger partial charge in [-0.15, -0.1) is 0 Å². The number of carbonyl (C=O) groups excluding carboxylic acids is 3. The summed E-state index contributed by atoms with van der Waals surface area (Å²) in [6.07, 6.45) is 0.820. The van der Waals surface area contributed by atoms with E-state index in [1.165, 1.54) is 14.2 Å². The second-order valence-corrected chi connectivity index (χ2v) is 6.52. The molecule has 0 bridgehead atoms. The molecule has 0 amide bonds. The van der Waals surface area contributed by atoms with Crippen molar-refractivity contribution in [1.82, 2.24) is 0 Å². The van der Waals surface area contributed by atoms with Gasteiger partial charge in [-0.05, 0) is 29.7 Å². The Balaban J connectivity index is 2.27. The molecule has 0 heterocycles. The number of rotatable bonds is 4. The predicted molar refractivity (Wildman–Crippen MR) is 96.5 cm³/mol. The van der Waals surface area contributed by atoms with Crippen molar-refractivity contribution in [3.05, 3.63) is 59.2 Å². The summed E-state index contributed by atoms with van der Waals surface area (Å²) < 4.78 is 9.92. The van der Waals surface area contributed by atoms with Crippen LogP contribution in [-0.4, -0.2) is 32.4 Å². The lowest BCUT2D eigenvalue weighted by atomic mass is 9.71. The van der Waals surface area contributed by atoms with Crippen molar-refractivity contribution in [3.63, 3.8) is 0 Å². The molecule has 5 nitrogen and oxygen atoms in total. The fourth-order valence-electron chi connectivity index (χ4n) is 3.98. The highest BCUT2D eigenvalue weighted by Crippen LogP contribution is 2.53. The third kappa shape index (κ3) is 2.51. The maximum absolute atomic E-state index is 12.7. The topological polar surface area (TPSA) is 69.7 Å². The van der Waals surface area contributed by atoms with Crippen molar-refractivity contribution in [2.24, 2.45) is 5.41 Å². The van der Waals surface area contributed by atoms with Gasteiger partial charge < -0.3 is 9.47 Å². The van der Waals surface area contributed by atoms with Crippen LogP contribution in [0.5, 0.6) is 0 Å². The van der Waals surface area contributed by atoms with Crippen molar-refractivity contribution in [2.75, 3.05) is 14.2 Å². The molecular formula is C21H20O5. The number of esters is 2. The molecule has 0 unspecified atom stereocenters. The van der Waals surface area contributed by atoms with Crippen molar-refractivity contribution < 1.29 is 23.9 Å². The van der Waals surface area contributed by atoms with Crippen LogP contribution in [0, 0.1) is 5.41 Å². The number of benzene rings is 2. The second-order valence-electron chi connectivity index (χ2n) is 6.52. The molecule has 0 radical (unpaired) electrons. The van der Waals surface area contributed by atoms with E-state index in [0.717, 1.165) is 17.1 Å². The Kier molecular flexibility index (Phi) is 4.64. The molecule has 0 N–H and O–H groups in total. The zero-order valence-corrected chi connectivity index (χ0v) is 14.9. The van der Waals surface area contributed by atoms with Crippen molar-refractivity contribution in [3.8, 4) is 0 Å². The first kappa shape index (κ1) is 17.9. The molecule has 0 saturated carbocycles. The number of allylic oxidation sites excluding steroid dienone is 2. The van der Waals surface area contributed by atoms with Crippen molar-refractivity contribution >= 4 is 29.0 Å². The monoisotopic (exact) mass is 352 g/mol. The summed E-state index contributed by atoms with van der Waals surface area (Å²) in [6, 6.07) is 13.4. The van der Waals surface area contributed by atoms with E-state index >= 15 is 0 Å². The van der Waals surface area contributed by atoms with Gasteiger partial charge in [0.25, 0.3) is 0 Å². The van der Waals surface area contributed by atoms with Crippen LogP contribution in [0.15, 0.2) is 53.6 Å². The number of hydrogen-bond donors (Lipinski definition) is 0. The third-order valence-corrected chi connectivity index (χ3v) is 5.17. The summed E-state index contributed by atoms with van der Waals surface area (Å²) in [5, 5.41) is 1.99. The van der Waals surface area contributed by atoms with E-state index in [0.29, 0.717) is 16.7 Å². The molecule has 3 rings (SSSR count). The normalized spacial score (nSPS) is 18.7. The highest BCUT2D eigenvalue weighted by Gasteiger charge is 2.60. The fourth-order valence-corrected chi connectivity index (χ4v) is 3.98. The van der Waals surface area contributed by atoms with Crippen LogP contribution >= 0.6 is 0 Å². The molecule has 0 aromatic heterocycles. The Morgan fingerprint density at radius 2 is 1.65 bits per heavy atom. The lowest BCUT2D eigenvalue weighted by molar-refractivity contribution is -0.169. The maximum atomic E-state index is 12.7. The number of carbonyl (C=O) groups is 3. The van der Waals surface area contributed by atoms with Crippen LogP contribution in [0.3, 0.4) is 0 Å². The lowest BCUT2D eigenvalue weighted by Crippen LogP contribution is -2.44. The lowest BCUT2D eigenvalue weighted by Gasteiger charge is -2.31. The molecule has 1 aliphatic rings. The smallest absolute Gasteiger partial charge is 0.324 e. The minimum atomic E-state index is -1.59. The van der Waals surface area contributed by atoms with Gasteiger partial charge in [0.05, 0.1) is 14.2 Å². The van der Waals surface area contributed by atoms with E-state index in [-0.39, 0.29) is 6.42 Å². The highest BCUT2D eigenvalue weighted by molar-refractivity contribution is 6.05. The molecule has 26 heavy (non-hydrogen) atoms. The van der Waals surface area contributed by atoms with Crippen LogP contribution in [0.1, 0.15) is 24.8 Å². The van der Waals surface area contributed by atoms with Gasteiger partial charge in [-0.3, -0.25) is 14.4 Å². The van der Waals surface area contributed by atoms with Gasteiger partial charge >= 0.3 is 11.9 Å². The maximum Gasteiger partial charge on any atom is 0.324 e. The summed E-state index contributed by atoms with van der Waals surface area (Å²) >= 11 is 0. The molecule has 0 spiro atoms. The molecule has 5 heteroatoms. The zero-order valence-electron chi connectivity index (χ0n) is 14.9. The molecule has 1 atom stereocenters. The van der Waals surface area contributed by atoms with Gasteiger partial charge in [-0.2, -0.15) is 0 Å². The highest BCUT2D eigenvalue weighted by atomic mass is 16.5. The van der Waals surface area contributed by atoms with Gasteiger partial charge in [0.1, 0.15) is 6.29 Å². The van der Waals surface area contributed by atoms with Crippen LogP contribution in [0.4, 0.5) is 0 Å². The molecule has 1 aliphatic carbocycles. The fraction of sp³-hybridized carbons (Fsp3) is 0.286. The minimum Gasteiger partial charge on any atom is -0.468 e. The standard InChI is InChI=1S/C21H20O5/c1-13-11-21(19(23)25-2,20(24)26-3)18(17(13)12-22)16-9-8-14-6-4-5-7-15(14)10-16/h4-10,12,18H,11H2,1-3H3/t18-/m1/s1. The van der Waals surface area contributed by atoms with Crippen molar-refractivity contribution in [1.29, 1.82) is 0 Å². The SMILES string of the molecule is COC(=O)C1(C(=O)OC)CC(C)=C(C=O)[C@H]1c1ccc2ccccc2c1. The number of fused-ring (bicyclic) bond motifs is 1. The van der Waals surface area contributed by atoms with Gasteiger partial charge in [-0.1, -0.05) is 48.0 Å². The molecule has 134 valence electrons. The van der Waals surface area contributed by atoms with E-state index in [4.69, 9.17) is 9.47 Å². The molecule has 0 fully saturated rings. The first-order chi connectivity index (χ1) is 12.5. The number of aldehydes is 1. The quantitative estimate of drug-likeness (QED) is 0.480. The summed E-state index contributed by atoms with van der Waals surface area (Å²) in [7, 11) is 2.47. The largest absolute Gasteiger partial charge is 0.468 e. The Labute approximate surface area is 151 Å². The van der Waals surface area contributed by atoms with Gasteiger partial charge in [0.2, 0.25) is 0 Å². The van der Waals surface area contributed by atoms with Crippen LogP contribution in [0.25, 0.3) is 10.8 Å². The molecule has 2 aromatic rings. The Hall–Kier alpha value is -2.95. The molecular weight excluding hydrogens is 332 g/mol. The zero-order chi connectivity index (χ0) is 18.9. The van der Waals surface area contributed by atoms with E-state index < -0.39 is 23.3 Å². The van der Waals surface area contributed by atoms with E-state index in [1.54, 1.807) is 6.92 Å². The Bertz CT molecular complexity index is 909. The molecule has 0 saturated heterocycles. The van der Waals surface area contributed by atoms with E-state index in [1.807, 2.05) is 42.5 Å². The molecule has 0 aliphatic heterocycles. The summed E-state index contributed by atoms with van der Waals surface area (Å²) in [5.41, 5.74) is 0.232. The van der Waals surface area contributed by atoms with Gasteiger partial charge in [-0.25, -0.2) is 0 Å². The first-order valence-corrected chi connectivity index (χ1v) is 8.30.